The van der Waals surface area contributed by atoms with Crippen LogP contribution in [0.3, 0.4) is 0 Å². The third kappa shape index (κ3) is 3.00. The molecule has 1 aromatic carbocycles. The summed E-state index contributed by atoms with van der Waals surface area (Å²) in [6.07, 6.45) is 5.13. The molecule has 21 heavy (non-hydrogen) atoms. The molecule has 0 spiro atoms. The van der Waals surface area contributed by atoms with Gasteiger partial charge in [-0.15, -0.1) is 0 Å². The summed E-state index contributed by atoms with van der Waals surface area (Å²) in [4.78, 5) is 0. The summed E-state index contributed by atoms with van der Waals surface area (Å²) in [5.41, 5.74) is 3.18. The van der Waals surface area contributed by atoms with E-state index in [0.29, 0.717) is 12.1 Å². The Morgan fingerprint density at radius 3 is 2.62 bits per heavy atom. The van der Waals surface area contributed by atoms with Gasteiger partial charge in [0.05, 0.1) is 0 Å². The van der Waals surface area contributed by atoms with Gasteiger partial charge in [0, 0.05) is 17.1 Å². The van der Waals surface area contributed by atoms with Crippen molar-refractivity contribution in [3.63, 3.8) is 0 Å². The molecular formula is C19H28ClN. The highest BCUT2D eigenvalue weighted by molar-refractivity contribution is 6.30. The fraction of sp³-hybridized carbons (Fsp3) is 0.684. The maximum atomic E-state index is 6.24. The molecule has 0 bridgehead atoms. The number of benzene rings is 1. The van der Waals surface area contributed by atoms with E-state index >= 15 is 0 Å². The summed E-state index contributed by atoms with van der Waals surface area (Å²) in [6.45, 7) is 9.57. The van der Waals surface area contributed by atoms with Crippen molar-refractivity contribution >= 4 is 11.6 Å². The Hall–Kier alpha value is -0.530. The van der Waals surface area contributed by atoms with Crippen LogP contribution in [0.2, 0.25) is 5.02 Å². The first-order valence-electron chi connectivity index (χ1n) is 8.41. The van der Waals surface area contributed by atoms with Crippen LogP contribution in [0.15, 0.2) is 18.2 Å². The fourth-order valence-electron chi connectivity index (χ4n) is 4.26. The van der Waals surface area contributed by atoms with Gasteiger partial charge < -0.3 is 5.32 Å². The zero-order valence-electron chi connectivity index (χ0n) is 13.7. The Kier molecular flexibility index (Phi) is 4.09. The van der Waals surface area contributed by atoms with E-state index in [1.807, 2.05) is 6.07 Å². The van der Waals surface area contributed by atoms with E-state index in [9.17, 15) is 0 Å². The summed E-state index contributed by atoms with van der Waals surface area (Å²) in [7, 11) is 0. The van der Waals surface area contributed by atoms with Crippen LogP contribution in [0.4, 0.5) is 0 Å². The normalized spacial score (nSPS) is 34.7. The smallest absolute Gasteiger partial charge is 0.0409 e. The summed E-state index contributed by atoms with van der Waals surface area (Å²) in [5.74, 6) is 1.71. The van der Waals surface area contributed by atoms with Gasteiger partial charge in [0.15, 0.2) is 0 Å². The van der Waals surface area contributed by atoms with E-state index in [2.05, 4.69) is 45.1 Å². The standard InChI is InChI=1S/C19H28ClN/c1-12-5-8-16(9-13(12)2)21-18-17-10-15(20)7-6-14(17)11-19(18,3)4/h6-7,10,12-13,16,18,21H,5,8-9,11H2,1-4H3. The Balaban J connectivity index is 1.80. The van der Waals surface area contributed by atoms with Crippen molar-refractivity contribution in [3.05, 3.63) is 34.3 Å². The number of hydrogen-bond donors (Lipinski definition) is 1. The maximum absolute atomic E-state index is 6.24. The lowest BCUT2D eigenvalue weighted by atomic mass is 9.77. The van der Waals surface area contributed by atoms with Crippen LogP contribution in [-0.2, 0) is 6.42 Å². The molecule has 1 saturated carbocycles. The minimum absolute atomic E-state index is 0.277. The van der Waals surface area contributed by atoms with Gasteiger partial charge in [-0.1, -0.05) is 45.4 Å². The molecule has 2 aliphatic rings. The number of rotatable bonds is 2. The molecule has 0 radical (unpaired) electrons. The molecule has 0 heterocycles. The lowest BCUT2D eigenvalue weighted by Gasteiger charge is -2.38. The van der Waals surface area contributed by atoms with Gasteiger partial charge in [-0.05, 0) is 66.2 Å². The summed E-state index contributed by atoms with van der Waals surface area (Å²) in [5, 5.41) is 4.85. The van der Waals surface area contributed by atoms with Crippen molar-refractivity contribution in [1.29, 1.82) is 0 Å². The molecule has 2 heteroatoms. The van der Waals surface area contributed by atoms with Gasteiger partial charge in [0.25, 0.3) is 0 Å². The predicted molar refractivity (Wildman–Crippen MR) is 90.8 cm³/mol. The molecule has 0 aliphatic heterocycles. The fourth-order valence-corrected chi connectivity index (χ4v) is 4.44. The highest BCUT2D eigenvalue weighted by Crippen LogP contribution is 2.47. The molecule has 1 aromatic rings. The molecule has 0 saturated heterocycles. The van der Waals surface area contributed by atoms with Gasteiger partial charge in [0.1, 0.15) is 0 Å². The Morgan fingerprint density at radius 2 is 1.90 bits per heavy atom. The average Bonchev–Trinajstić information content (AvgIpc) is 2.65. The van der Waals surface area contributed by atoms with E-state index in [0.717, 1.165) is 23.3 Å². The summed E-state index contributed by atoms with van der Waals surface area (Å²) in [6, 6.07) is 7.52. The van der Waals surface area contributed by atoms with Gasteiger partial charge in [-0.2, -0.15) is 0 Å². The van der Waals surface area contributed by atoms with Gasteiger partial charge >= 0.3 is 0 Å². The van der Waals surface area contributed by atoms with Gasteiger partial charge in [-0.25, -0.2) is 0 Å². The Morgan fingerprint density at radius 1 is 1.14 bits per heavy atom. The van der Waals surface area contributed by atoms with E-state index in [1.165, 1.54) is 30.4 Å². The second-order valence-electron chi connectivity index (χ2n) is 8.07. The first kappa shape index (κ1) is 15.4. The average molecular weight is 306 g/mol. The van der Waals surface area contributed by atoms with Crippen LogP contribution in [0, 0.1) is 17.3 Å². The van der Waals surface area contributed by atoms with Crippen LogP contribution in [0.5, 0.6) is 0 Å². The summed E-state index contributed by atoms with van der Waals surface area (Å²) < 4.78 is 0. The number of fused-ring (bicyclic) bond motifs is 1. The predicted octanol–water partition coefficient (Wildman–Crippen LogP) is 5.38. The SMILES string of the molecule is CC1CCC(NC2c3cc(Cl)ccc3CC2(C)C)CC1C. The van der Waals surface area contributed by atoms with Crippen molar-refractivity contribution in [2.24, 2.45) is 17.3 Å². The van der Waals surface area contributed by atoms with E-state index in [4.69, 9.17) is 11.6 Å². The van der Waals surface area contributed by atoms with E-state index in [-0.39, 0.29) is 5.41 Å². The number of hydrogen-bond acceptors (Lipinski definition) is 1. The van der Waals surface area contributed by atoms with Gasteiger partial charge in [-0.3, -0.25) is 0 Å². The molecule has 2 aliphatic carbocycles. The molecule has 4 atom stereocenters. The molecule has 1 nitrogen and oxygen atoms in total. The van der Waals surface area contributed by atoms with E-state index in [1.54, 1.807) is 0 Å². The highest BCUT2D eigenvalue weighted by atomic mass is 35.5. The van der Waals surface area contributed by atoms with Crippen LogP contribution in [-0.4, -0.2) is 6.04 Å². The van der Waals surface area contributed by atoms with Crippen molar-refractivity contribution in [3.8, 4) is 0 Å². The zero-order valence-corrected chi connectivity index (χ0v) is 14.5. The first-order chi connectivity index (χ1) is 9.87. The van der Waals surface area contributed by atoms with Crippen molar-refractivity contribution in [2.75, 3.05) is 0 Å². The second kappa shape index (κ2) is 5.59. The monoisotopic (exact) mass is 305 g/mol. The molecule has 4 unspecified atom stereocenters. The largest absolute Gasteiger partial charge is 0.307 e. The molecule has 1 N–H and O–H groups in total. The minimum Gasteiger partial charge on any atom is -0.307 e. The summed E-state index contributed by atoms with van der Waals surface area (Å²) >= 11 is 6.24. The molecule has 3 rings (SSSR count). The number of halogens is 1. The topological polar surface area (TPSA) is 12.0 Å². The van der Waals surface area contributed by atoms with Crippen LogP contribution in [0.25, 0.3) is 0 Å². The molecule has 1 fully saturated rings. The van der Waals surface area contributed by atoms with Crippen LogP contribution >= 0.6 is 11.6 Å². The third-order valence-corrected chi connectivity index (χ3v) is 6.08. The lowest BCUT2D eigenvalue weighted by molar-refractivity contribution is 0.178. The minimum atomic E-state index is 0.277. The zero-order chi connectivity index (χ0) is 15.2. The maximum Gasteiger partial charge on any atom is 0.0409 e. The van der Waals surface area contributed by atoms with Crippen LogP contribution < -0.4 is 5.32 Å². The lowest BCUT2D eigenvalue weighted by Crippen LogP contribution is -2.42. The number of nitrogens with one attached hydrogen (secondary N) is 1. The van der Waals surface area contributed by atoms with Crippen molar-refractivity contribution in [1.82, 2.24) is 5.32 Å². The van der Waals surface area contributed by atoms with Crippen molar-refractivity contribution < 1.29 is 0 Å². The van der Waals surface area contributed by atoms with E-state index < -0.39 is 0 Å². The van der Waals surface area contributed by atoms with Gasteiger partial charge in [0.2, 0.25) is 0 Å². The first-order valence-corrected chi connectivity index (χ1v) is 8.79. The quantitative estimate of drug-likeness (QED) is 0.773. The van der Waals surface area contributed by atoms with Crippen LogP contribution in [0.1, 0.15) is 64.1 Å². The molecule has 0 amide bonds. The highest BCUT2D eigenvalue weighted by Gasteiger charge is 2.40. The molecular weight excluding hydrogens is 278 g/mol. The molecule has 0 aromatic heterocycles. The Bertz CT molecular complexity index is 522. The second-order valence-corrected chi connectivity index (χ2v) is 8.51. The third-order valence-electron chi connectivity index (χ3n) is 5.85. The Labute approximate surface area is 134 Å². The van der Waals surface area contributed by atoms with Crippen molar-refractivity contribution in [2.45, 2.75) is 65.5 Å². The molecule has 116 valence electrons.